The Morgan fingerprint density at radius 3 is 2.75 bits per heavy atom. The van der Waals surface area contributed by atoms with Crippen molar-refractivity contribution in [2.75, 3.05) is 18.0 Å². The fourth-order valence-electron chi connectivity index (χ4n) is 2.44. The molecule has 0 saturated heterocycles. The molecule has 20 heavy (non-hydrogen) atoms. The maximum Gasteiger partial charge on any atom is 0.268 e. The summed E-state index contributed by atoms with van der Waals surface area (Å²) in [5.74, 6) is 1.28. The zero-order valence-electron chi connectivity index (χ0n) is 12.6. The summed E-state index contributed by atoms with van der Waals surface area (Å²) in [5, 5.41) is 0. The first-order chi connectivity index (χ1) is 9.58. The topological polar surface area (TPSA) is 55.6 Å². The molecule has 1 aromatic rings. The Hall–Kier alpha value is -1.55. The number of anilines is 1. The molecule has 1 aliphatic heterocycles. The second-order valence-corrected chi connectivity index (χ2v) is 5.53. The number of nitrogens with two attached hydrogens (primary N) is 1. The highest BCUT2D eigenvalue weighted by Gasteiger charge is 2.33. The lowest BCUT2D eigenvalue weighted by Gasteiger charge is -2.34. The van der Waals surface area contributed by atoms with Crippen LogP contribution < -0.4 is 15.4 Å². The lowest BCUT2D eigenvalue weighted by atomic mass is 10.0. The second-order valence-electron chi connectivity index (χ2n) is 5.53. The Bertz CT molecular complexity index is 485. The van der Waals surface area contributed by atoms with Crippen molar-refractivity contribution in [1.29, 1.82) is 0 Å². The van der Waals surface area contributed by atoms with Gasteiger partial charge >= 0.3 is 0 Å². The van der Waals surface area contributed by atoms with Crippen LogP contribution in [0.25, 0.3) is 0 Å². The van der Waals surface area contributed by atoms with Gasteiger partial charge in [-0.1, -0.05) is 26.8 Å². The maximum atomic E-state index is 12.5. The first kappa shape index (κ1) is 14.9. The van der Waals surface area contributed by atoms with Crippen LogP contribution in [0, 0.1) is 0 Å². The fraction of sp³-hybridized carbons (Fsp3) is 0.562. The molecule has 1 amide bonds. The van der Waals surface area contributed by atoms with Crippen LogP contribution in [-0.2, 0) is 4.79 Å². The van der Waals surface area contributed by atoms with Gasteiger partial charge in [-0.05, 0) is 43.0 Å². The van der Waals surface area contributed by atoms with Crippen molar-refractivity contribution in [2.45, 2.75) is 45.6 Å². The molecule has 2 rings (SSSR count). The third-order valence-corrected chi connectivity index (χ3v) is 3.71. The highest BCUT2D eigenvalue weighted by Crippen LogP contribution is 2.37. The number of hydrogen-bond donors (Lipinski definition) is 1. The number of rotatable bonds is 5. The van der Waals surface area contributed by atoms with Crippen molar-refractivity contribution in [1.82, 2.24) is 0 Å². The number of fused-ring (bicyclic) bond motifs is 1. The molecule has 1 unspecified atom stereocenters. The molecule has 0 fully saturated rings. The van der Waals surface area contributed by atoms with Crippen molar-refractivity contribution < 1.29 is 9.53 Å². The molecular weight excluding hydrogens is 252 g/mol. The van der Waals surface area contributed by atoms with E-state index in [4.69, 9.17) is 10.5 Å². The van der Waals surface area contributed by atoms with Gasteiger partial charge in [-0.3, -0.25) is 4.79 Å². The highest BCUT2D eigenvalue weighted by atomic mass is 16.5. The van der Waals surface area contributed by atoms with Crippen LogP contribution in [0.2, 0.25) is 0 Å². The van der Waals surface area contributed by atoms with Gasteiger partial charge in [0.25, 0.3) is 5.91 Å². The summed E-state index contributed by atoms with van der Waals surface area (Å²) < 4.78 is 5.82. The van der Waals surface area contributed by atoms with E-state index in [1.165, 1.54) is 5.56 Å². The van der Waals surface area contributed by atoms with Gasteiger partial charge in [0.2, 0.25) is 0 Å². The molecule has 0 aromatic heterocycles. The van der Waals surface area contributed by atoms with Gasteiger partial charge in [-0.2, -0.15) is 0 Å². The van der Waals surface area contributed by atoms with Crippen LogP contribution in [0.1, 0.15) is 45.1 Å². The number of amides is 1. The van der Waals surface area contributed by atoms with Gasteiger partial charge in [0, 0.05) is 6.54 Å². The SMILES string of the molecule is CCC1Oc2ccc(C(C)C)cc2N(CCCN)C1=O. The molecule has 4 nitrogen and oxygen atoms in total. The van der Waals surface area contributed by atoms with Gasteiger partial charge in [-0.25, -0.2) is 0 Å². The van der Waals surface area contributed by atoms with Crippen molar-refractivity contribution >= 4 is 11.6 Å². The Kier molecular flexibility index (Phi) is 4.65. The van der Waals surface area contributed by atoms with Crippen LogP contribution in [0.15, 0.2) is 18.2 Å². The Labute approximate surface area is 120 Å². The van der Waals surface area contributed by atoms with Crippen molar-refractivity contribution in [3.8, 4) is 5.75 Å². The molecule has 1 aliphatic rings. The van der Waals surface area contributed by atoms with E-state index in [0.717, 1.165) is 17.9 Å². The van der Waals surface area contributed by atoms with E-state index in [0.29, 0.717) is 25.4 Å². The standard InChI is InChI=1S/C16H24N2O2/c1-4-14-16(19)18(9-5-8-17)13-10-12(11(2)3)6-7-15(13)20-14/h6-7,10-11,14H,4-5,8-9,17H2,1-3H3. The Balaban J connectivity index is 2.39. The number of carbonyl (C=O) groups is 1. The van der Waals surface area contributed by atoms with E-state index < -0.39 is 0 Å². The van der Waals surface area contributed by atoms with Crippen molar-refractivity contribution in [2.24, 2.45) is 5.73 Å². The number of nitrogens with zero attached hydrogens (tertiary/aromatic N) is 1. The van der Waals surface area contributed by atoms with E-state index in [1.54, 1.807) is 0 Å². The third kappa shape index (κ3) is 2.80. The molecule has 2 N–H and O–H groups in total. The largest absolute Gasteiger partial charge is 0.478 e. The molecule has 1 heterocycles. The van der Waals surface area contributed by atoms with Crippen LogP contribution in [-0.4, -0.2) is 25.1 Å². The van der Waals surface area contributed by atoms with E-state index in [-0.39, 0.29) is 12.0 Å². The van der Waals surface area contributed by atoms with Crippen LogP contribution in [0.3, 0.4) is 0 Å². The average Bonchev–Trinajstić information content (AvgIpc) is 2.45. The third-order valence-electron chi connectivity index (χ3n) is 3.71. The molecule has 0 spiro atoms. The van der Waals surface area contributed by atoms with Gasteiger partial charge in [0.15, 0.2) is 6.10 Å². The molecule has 0 bridgehead atoms. The van der Waals surface area contributed by atoms with Crippen molar-refractivity contribution in [3.05, 3.63) is 23.8 Å². The number of carbonyl (C=O) groups excluding carboxylic acids is 1. The average molecular weight is 276 g/mol. The molecule has 1 atom stereocenters. The molecule has 1 aromatic carbocycles. The van der Waals surface area contributed by atoms with Gasteiger partial charge in [0.05, 0.1) is 5.69 Å². The molecule has 0 saturated carbocycles. The monoisotopic (exact) mass is 276 g/mol. The summed E-state index contributed by atoms with van der Waals surface area (Å²) in [6.45, 7) is 7.50. The first-order valence-corrected chi connectivity index (χ1v) is 7.40. The summed E-state index contributed by atoms with van der Waals surface area (Å²) in [5.41, 5.74) is 7.69. The second kappa shape index (κ2) is 6.27. The van der Waals surface area contributed by atoms with Gasteiger partial charge in [0.1, 0.15) is 5.75 Å². The van der Waals surface area contributed by atoms with Crippen LogP contribution in [0.5, 0.6) is 5.75 Å². The molecule has 4 heteroatoms. The first-order valence-electron chi connectivity index (χ1n) is 7.40. The summed E-state index contributed by atoms with van der Waals surface area (Å²) in [7, 11) is 0. The van der Waals surface area contributed by atoms with E-state index in [1.807, 2.05) is 17.9 Å². The minimum absolute atomic E-state index is 0.0503. The minimum atomic E-state index is -0.370. The fourth-order valence-corrected chi connectivity index (χ4v) is 2.44. The predicted molar refractivity (Wildman–Crippen MR) is 81.3 cm³/mol. The van der Waals surface area contributed by atoms with Crippen LogP contribution in [0.4, 0.5) is 5.69 Å². The molecule has 0 radical (unpaired) electrons. The molecule has 110 valence electrons. The highest BCUT2D eigenvalue weighted by molar-refractivity contribution is 6.00. The van der Waals surface area contributed by atoms with E-state index >= 15 is 0 Å². The minimum Gasteiger partial charge on any atom is -0.478 e. The lowest BCUT2D eigenvalue weighted by molar-refractivity contribution is -0.126. The summed E-state index contributed by atoms with van der Waals surface area (Å²) in [6.07, 6.45) is 1.11. The quantitative estimate of drug-likeness (QED) is 0.899. The zero-order valence-corrected chi connectivity index (χ0v) is 12.6. The molecule has 0 aliphatic carbocycles. The van der Waals surface area contributed by atoms with E-state index in [9.17, 15) is 4.79 Å². The van der Waals surface area contributed by atoms with Gasteiger partial charge in [-0.15, -0.1) is 0 Å². The molecular formula is C16H24N2O2. The summed E-state index contributed by atoms with van der Waals surface area (Å²) in [6, 6.07) is 6.13. The number of hydrogen-bond acceptors (Lipinski definition) is 3. The maximum absolute atomic E-state index is 12.5. The lowest BCUT2D eigenvalue weighted by Crippen LogP contribution is -2.46. The number of benzene rings is 1. The van der Waals surface area contributed by atoms with Crippen molar-refractivity contribution in [3.63, 3.8) is 0 Å². The summed E-state index contributed by atoms with van der Waals surface area (Å²) >= 11 is 0. The van der Waals surface area contributed by atoms with Gasteiger partial charge < -0.3 is 15.4 Å². The Morgan fingerprint density at radius 1 is 1.40 bits per heavy atom. The van der Waals surface area contributed by atoms with Crippen LogP contribution >= 0.6 is 0 Å². The normalized spacial score (nSPS) is 18.1. The zero-order chi connectivity index (χ0) is 14.7. The number of ether oxygens (including phenoxy) is 1. The summed E-state index contributed by atoms with van der Waals surface area (Å²) in [4.78, 5) is 14.3. The smallest absolute Gasteiger partial charge is 0.268 e. The predicted octanol–water partition coefficient (Wildman–Crippen LogP) is 2.66. The van der Waals surface area contributed by atoms with E-state index in [2.05, 4.69) is 26.0 Å². The Morgan fingerprint density at radius 2 is 2.15 bits per heavy atom.